The predicted octanol–water partition coefficient (Wildman–Crippen LogP) is 4.30. The van der Waals surface area contributed by atoms with E-state index < -0.39 is 12.9 Å². The molecule has 0 fully saturated rings. The van der Waals surface area contributed by atoms with Crippen LogP contribution in [0.5, 0.6) is 0 Å². The van der Waals surface area contributed by atoms with E-state index in [0.717, 1.165) is 22.3 Å². The van der Waals surface area contributed by atoms with Gasteiger partial charge in [0.2, 0.25) is 0 Å². The second-order valence-electron chi connectivity index (χ2n) is 6.10. The lowest BCUT2D eigenvalue weighted by molar-refractivity contribution is -0.135. The molecule has 0 radical (unpaired) electrons. The highest BCUT2D eigenvalue weighted by molar-refractivity contribution is 7.98. The molecule has 0 unspecified atom stereocenters. The van der Waals surface area contributed by atoms with Crippen molar-refractivity contribution in [2.45, 2.75) is 13.3 Å². The Morgan fingerprint density at radius 2 is 1.15 bits per heavy atom. The molecule has 0 bridgehead atoms. The van der Waals surface area contributed by atoms with E-state index in [1.54, 1.807) is 0 Å². The average Bonchev–Trinajstić information content (AvgIpc) is 2.75. The highest BCUT2D eigenvalue weighted by atomic mass is 35.5. The van der Waals surface area contributed by atoms with Crippen molar-refractivity contribution in [2.75, 3.05) is 6.61 Å². The lowest BCUT2D eigenvalue weighted by Gasteiger charge is -2.29. The first kappa shape index (κ1) is 19.5. The molecule has 0 aliphatic heterocycles. The van der Waals surface area contributed by atoms with Crippen molar-refractivity contribution in [3.63, 3.8) is 0 Å². The summed E-state index contributed by atoms with van der Waals surface area (Å²) in [6, 6.07) is 30.1. The molecule has 0 aliphatic carbocycles. The lowest BCUT2D eigenvalue weighted by Crippen LogP contribution is -2.32. The fourth-order valence-corrected chi connectivity index (χ4v) is 7.84. The van der Waals surface area contributed by atoms with Crippen LogP contribution in [0.25, 0.3) is 0 Å². The summed E-state index contributed by atoms with van der Waals surface area (Å²) >= 11 is 6.88. The van der Waals surface area contributed by atoms with Crippen molar-refractivity contribution >= 4 is 45.1 Å². The van der Waals surface area contributed by atoms with Gasteiger partial charge in [-0.15, -0.1) is 0 Å². The van der Waals surface area contributed by atoms with Gasteiger partial charge in [0.1, 0.15) is 4.75 Å². The van der Waals surface area contributed by atoms with Gasteiger partial charge in [0.25, 0.3) is 0 Å². The Kier molecular flexibility index (Phi) is 6.55. The van der Waals surface area contributed by atoms with Crippen LogP contribution in [0.2, 0.25) is 0 Å². The van der Waals surface area contributed by atoms with E-state index in [2.05, 4.69) is 0 Å². The zero-order valence-corrected chi connectivity index (χ0v) is 16.9. The number of hydrogen-bond donors (Lipinski definition) is 0. The van der Waals surface area contributed by atoms with Gasteiger partial charge in [-0.2, -0.15) is 0 Å². The first-order valence-electron chi connectivity index (χ1n) is 8.97. The normalized spacial score (nSPS) is 11.0. The molecule has 0 heterocycles. The fraction of sp³-hybridized carbons (Fsp3) is 0.130. The molecule has 0 spiro atoms. The maximum Gasteiger partial charge on any atom is 0.350 e. The number of carbonyl (C=O) groups is 1. The minimum Gasteiger partial charge on any atom is -0.461 e. The number of hydrogen-bond acceptors (Lipinski definition) is 2. The van der Waals surface area contributed by atoms with Crippen LogP contribution in [0.1, 0.15) is 13.3 Å². The van der Waals surface area contributed by atoms with Gasteiger partial charge in [-0.25, -0.2) is 4.79 Å². The zero-order valence-electron chi connectivity index (χ0n) is 15.2. The van der Waals surface area contributed by atoms with E-state index in [1.165, 1.54) is 0 Å². The summed E-state index contributed by atoms with van der Waals surface area (Å²) in [6.45, 7) is -0.211. The van der Waals surface area contributed by atoms with Gasteiger partial charge >= 0.3 is 5.97 Å². The van der Waals surface area contributed by atoms with Gasteiger partial charge in [-0.3, -0.25) is 0 Å². The Morgan fingerprint density at radius 1 is 0.778 bits per heavy atom. The molecule has 3 rings (SSSR count). The molecular formula is C23H22ClO2P. The maximum absolute atomic E-state index is 12.9. The van der Waals surface area contributed by atoms with Gasteiger partial charge < -0.3 is 4.74 Å². The summed E-state index contributed by atoms with van der Waals surface area (Å²) in [5.41, 5.74) is 0. The molecule has 138 valence electrons. The standard InChI is InChI=1S/C23H22ClO2P/c1-2-18-26-23(25)22(24)27(19-12-6-3-7-13-19,20-14-8-4-9-15-20)21-16-10-5-11-17-21/h3-17H,2,18H2,1H3. The number of carbonyl (C=O) groups excluding carboxylic acids is 1. The number of esters is 1. The van der Waals surface area contributed by atoms with Gasteiger partial charge in [-0.1, -0.05) is 110 Å². The topological polar surface area (TPSA) is 26.3 Å². The summed E-state index contributed by atoms with van der Waals surface area (Å²) in [7, 11) is 0. The largest absolute Gasteiger partial charge is 0.461 e. The third kappa shape index (κ3) is 3.88. The molecular weight excluding hydrogens is 375 g/mol. The van der Waals surface area contributed by atoms with Crippen LogP contribution in [0.4, 0.5) is 0 Å². The van der Waals surface area contributed by atoms with E-state index in [-0.39, 0.29) is 4.75 Å². The van der Waals surface area contributed by atoms with Crippen molar-refractivity contribution < 1.29 is 9.53 Å². The van der Waals surface area contributed by atoms with E-state index in [1.807, 2.05) is 97.9 Å². The van der Waals surface area contributed by atoms with E-state index in [4.69, 9.17) is 16.3 Å². The SMILES string of the molecule is CCCOC(=O)C(Cl)=P(c1ccccc1)(c1ccccc1)c1ccccc1. The number of benzene rings is 3. The molecule has 0 amide bonds. The first-order chi connectivity index (χ1) is 13.2. The number of halogens is 1. The maximum atomic E-state index is 12.9. The monoisotopic (exact) mass is 396 g/mol. The number of ether oxygens (including phenoxy) is 1. The van der Waals surface area contributed by atoms with Crippen LogP contribution in [0, 0.1) is 0 Å². The summed E-state index contributed by atoms with van der Waals surface area (Å²) < 4.78 is 5.69. The quantitative estimate of drug-likeness (QED) is 0.458. The summed E-state index contributed by atoms with van der Waals surface area (Å²) in [4.78, 5) is 12.9. The molecule has 0 N–H and O–H groups in total. The van der Waals surface area contributed by atoms with Crippen molar-refractivity contribution in [2.24, 2.45) is 0 Å². The van der Waals surface area contributed by atoms with Gasteiger partial charge in [0.15, 0.2) is 0 Å². The lowest BCUT2D eigenvalue weighted by atomic mass is 10.4. The van der Waals surface area contributed by atoms with E-state index in [9.17, 15) is 4.79 Å². The van der Waals surface area contributed by atoms with Gasteiger partial charge in [0, 0.05) is 6.89 Å². The minimum atomic E-state index is -2.53. The Labute approximate surface area is 165 Å². The summed E-state index contributed by atoms with van der Waals surface area (Å²) in [6.07, 6.45) is 0.753. The smallest absolute Gasteiger partial charge is 0.350 e. The van der Waals surface area contributed by atoms with Crippen molar-refractivity contribution in [1.82, 2.24) is 0 Å². The number of rotatable bonds is 6. The molecule has 4 heteroatoms. The van der Waals surface area contributed by atoms with Crippen molar-refractivity contribution in [1.29, 1.82) is 0 Å². The molecule has 0 saturated heterocycles. The summed E-state index contributed by atoms with van der Waals surface area (Å²) in [5, 5.41) is 3.09. The van der Waals surface area contributed by atoms with Crippen molar-refractivity contribution in [3.05, 3.63) is 91.0 Å². The molecule has 0 aromatic heterocycles. The Balaban J connectivity index is 2.42. The van der Waals surface area contributed by atoms with Gasteiger partial charge in [0.05, 0.1) is 6.61 Å². The third-order valence-corrected chi connectivity index (χ3v) is 9.24. The Morgan fingerprint density at radius 3 is 1.48 bits per heavy atom. The van der Waals surface area contributed by atoms with Crippen LogP contribution in [-0.4, -0.2) is 17.3 Å². The Bertz CT molecular complexity index is 834. The van der Waals surface area contributed by atoms with Crippen LogP contribution >= 0.6 is 18.5 Å². The van der Waals surface area contributed by atoms with Crippen molar-refractivity contribution in [3.8, 4) is 0 Å². The molecule has 3 aromatic carbocycles. The van der Waals surface area contributed by atoms with Crippen LogP contribution in [-0.2, 0) is 9.53 Å². The first-order valence-corrected chi connectivity index (χ1v) is 11.1. The van der Waals surface area contributed by atoms with E-state index >= 15 is 0 Å². The second-order valence-corrected chi connectivity index (χ2v) is 10.1. The summed E-state index contributed by atoms with van der Waals surface area (Å²) in [5.74, 6) is -0.441. The minimum absolute atomic E-state index is 0.250. The molecule has 0 saturated carbocycles. The molecule has 27 heavy (non-hydrogen) atoms. The fourth-order valence-electron chi connectivity index (χ4n) is 3.13. The second kappa shape index (κ2) is 9.08. The highest BCUT2D eigenvalue weighted by Crippen LogP contribution is 2.47. The van der Waals surface area contributed by atoms with Crippen LogP contribution in [0.3, 0.4) is 0 Å². The van der Waals surface area contributed by atoms with Crippen LogP contribution in [0.15, 0.2) is 91.0 Å². The molecule has 0 aliphatic rings. The predicted molar refractivity (Wildman–Crippen MR) is 117 cm³/mol. The van der Waals surface area contributed by atoms with E-state index in [0.29, 0.717) is 6.61 Å². The van der Waals surface area contributed by atoms with Gasteiger partial charge in [-0.05, 0) is 22.3 Å². The van der Waals surface area contributed by atoms with Crippen LogP contribution < -0.4 is 15.9 Å². The molecule has 0 atom stereocenters. The highest BCUT2D eigenvalue weighted by Gasteiger charge is 2.32. The molecule has 3 aromatic rings. The third-order valence-electron chi connectivity index (χ3n) is 4.33. The average molecular weight is 397 g/mol. The zero-order chi connectivity index (χ0) is 19.1. The molecule has 2 nitrogen and oxygen atoms in total. The Hall–Kier alpha value is -2.28.